The molecule has 2 aromatic heterocycles. The summed E-state index contributed by atoms with van der Waals surface area (Å²) >= 11 is 0. The van der Waals surface area contributed by atoms with Crippen LogP contribution in [0.4, 0.5) is 4.39 Å². The molecule has 1 atom stereocenters. The maximum Gasteiger partial charge on any atom is 0.253 e. The topological polar surface area (TPSA) is 52.3 Å². The highest BCUT2D eigenvalue weighted by Crippen LogP contribution is 2.27. The Bertz CT molecular complexity index is 778. The fourth-order valence-corrected chi connectivity index (χ4v) is 2.57. The maximum absolute atomic E-state index is 13.1. The number of hydrogen-bond acceptors (Lipinski definition) is 4. The van der Waals surface area contributed by atoms with Crippen LogP contribution in [0.5, 0.6) is 0 Å². The van der Waals surface area contributed by atoms with E-state index < -0.39 is 0 Å². The molecule has 0 saturated carbocycles. The number of hydrogen-bond donors (Lipinski definition) is 0. The normalized spacial score (nSPS) is 18.4. The van der Waals surface area contributed by atoms with Crippen molar-refractivity contribution in [2.75, 3.05) is 6.61 Å². The van der Waals surface area contributed by atoms with Crippen molar-refractivity contribution < 1.29 is 9.13 Å². The van der Waals surface area contributed by atoms with E-state index >= 15 is 0 Å². The van der Waals surface area contributed by atoms with E-state index in [0.29, 0.717) is 11.6 Å². The predicted molar refractivity (Wildman–Crippen MR) is 74.1 cm³/mol. The lowest BCUT2D eigenvalue weighted by atomic mass is 10.1. The van der Waals surface area contributed by atoms with Crippen LogP contribution in [0.3, 0.4) is 0 Å². The summed E-state index contributed by atoms with van der Waals surface area (Å²) in [5.41, 5.74) is 1.70. The van der Waals surface area contributed by atoms with Crippen LogP contribution in [0.2, 0.25) is 0 Å². The molecular weight excluding hydrogens is 271 g/mol. The standard InChI is InChI=1S/C15H13FN4O/c16-11-5-3-10(4-6-11)12-7-8-17-15-18-14(19-20(12)15)13-2-1-9-21-13/h3-8,13H,1-2,9H2/t13-/m0/s1. The van der Waals surface area contributed by atoms with Gasteiger partial charge in [-0.05, 0) is 43.2 Å². The molecule has 0 spiro atoms. The quantitative estimate of drug-likeness (QED) is 0.726. The fraction of sp³-hybridized carbons (Fsp3) is 0.267. The second-order valence-electron chi connectivity index (χ2n) is 5.02. The van der Waals surface area contributed by atoms with E-state index in [4.69, 9.17) is 4.74 Å². The minimum atomic E-state index is -0.261. The highest BCUT2D eigenvalue weighted by atomic mass is 19.1. The first kappa shape index (κ1) is 12.4. The molecule has 1 aliphatic rings. The summed E-state index contributed by atoms with van der Waals surface area (Å²) in [6, 6.07) is 8.14. The Labute approximate surface area is 120 Å². The average Bonchev–Trinajstić information content (AvgIpc) is 3.16. The zero-order valence-electron chi connectivity index (χ0n) is 11.2. The lowest BCUT2D eigenvalue weighted by Crippen LogP contribution is -2.00. The summed E-state index contributed by atoms with van der Waals surface area (Å²) in [6.07, 6.45) is 3.59. The van der Waals surface area contributed by atoms with Gasteiger partial charge in [-0.2, -0.15) is 9.50 Å². The number of aromatic nitrogens is 4. The van der Waals surface area contributed by atoms with E-state index in [1.807, 2.05) is 6.07 Å². The molecule has 1 fully saturated rings. The highest BCUT2D eigenvalue weighted by molar-refractivity contribution is 5.61. The van der Waals surface area contributed by atoms with Gasteiger partial charge < -0.3 is 4.74 Å². The van der Waals surface area contributed by atoms with Crippen LogP contribution in [-0.2, 0) is 4.74 Å². The molecule has 0 N–H and O–H groups in total. The summed E-state index contributed by atoms with van der Waals surface area (Å²) in [5.74, 6) is 0.930. The molecule has 0 radical (unpaired) electrons. The lowest BCUT2D eigenvalue weighted by molar-refractivity contribution is 0.105. The van der Waals surface area contributed by atoms with Crippen molar-refractivity contribution in [3.63, 3.8) is 0 Å². The minimum Gasteiger partial charge on any atom is -0.370 e. The first-order valence-electron chi connectivity index (χ1n) is 6.90. The molecule has 0 bridgehead atoms. The molecule has 1 saturated heterocycles. The monoisotopic (exact) mass is 284 g/mol. The van der Waals surface area contributed by atoms with Crippen molar-refractivity contribution in [3.8, 4) is 11.3 Å². The largest absolute Gasteiger partial charge is 0.370 e. The smallest absolute Gasteiger partial charge is 0.253 e. The maximum atomic E-state index is 13.1. The molecular formula is C15H13FN4O. The van der Waals surface area contributed by atoms with Gasteiger partial charge in [-0.15, -0.1) is 5.10 Å². The molecule has 4 rings (SSSR count). The van der Waals surface area contributed by atoms with E-state index in [9.17, 15) is 4.39 Å². The number of fused-ring (bicyclic) bond motifs is 1. The van der Waals surface area contributed by atoms with Gasteiger partial charge in [-0.25, -0.2) is 9.37 Å². The van der Waals surface area contributed by atoms with E-state index in [2.05, 4.69) is 15.1 Å². The Hall–Kier alpha value is -2.34. The van der Waals surface area contributed by atoms with Crippen LogP contribution in [0, 0.1) is 5.82 Å². The number of nitrogens with zero attached hydrogens (tertiary/aromatic N) is 4. The van der Waals surface area contributed by atoms with Crippen molar-refractivity contribution in [1.29, 1.82) is 0 Å². The number of ether oxygens (including phenoxy) is 1. The predicted octanol–water partition coefficient (Wildman–Crippen LogP) is 2.78. The second kappa shape index (κ2) is 4.89. The number of rotatable bonds is 2. The van der Waals surface area contributed by atoms with Gasteiger partial charge in [0.25, 0.3) is 5.78 Å². The molecule has 0 unspecified atom stereocenters. The van der Waals surface area contributed by atoms with Crippen molar-refractivity contribution >= 4 is 5.78 Å². The third-order valence-electron chi connectivity index (χ3n) is 3.61. The van der Waals surface area contributed by atoms with Gasteiger partial charge in [0.15, 0.2) is 5.82 Å². The Balaban J connectivity index is 1.83. The molecule has 1 aromatic carbocycles. The first-order chi connectivity index (χ1) is 10.3. The zero-order chi connectivity index (χ0) is 14.2. The minimum absolute atomic E-state index is 0.0484. The van der Waals surface area contributed by atoms with Gasteiger partial charge in [0.05, 0.1) is 5.69 Å². The van der Waals surface area contributed by atoms with Gasteiger partial charge in [-0.1, -0.05) is 0 Å². The van der Waals surface area contributed by atoms with Crippen LogP contribution in [0.25, 0.3) is 17.0 Å². The van der Waals surface area contributed by atoms with E-state index in [0.717, 1.165) is 30.7 Å². The summed E-state index contributed by atoms with van der Waals surface area (Å²) in [7, 11) is 0. The van der Waals surface area contributed by atoms with Crippen LogP contribution >= 0.6 is 0 Å². The van der Waals surface area contributed by atoms with Crippen LogP contribution in [0.15, 0.2) is 36.5 Å². The Kier molecular flexibility index (Phi) is 2.89. The summed E-state index contributed by atoms with van der Waals surface area (Å²) in [5, 5.41) is 4.52. The highest BCUT2D eigenvalue weighted by Gasteiger charge is 2.23. The molecule has 1 aliphatic heterocycles. The molecule has 0 aliphatic carbocycles. The molecule has 106 valence electrons. The van der Waals surface area contributed by atoms with Crippen LogP contribution in [-0.4, -0.2) is 26.2 Å². The Morgan fingerprint density at radius 2 is 2.05 bits per heavy atom. The molecule has 3 heterocycles. The van der Waals surface area contributed by atoms with Crippen molar-refractivity contribution in [2.45, 2.75) is 18.9 Å². The fourth-order valence-electron chi connectivity index (χ4n) is 2.57. The summed E-state index contributed by atoms with van der Waals surface area (Å²) in [4.78, 5) is 8.68. The van der Waals surface area contributed by atoms with Crippen LogP contribution < -0.4 is 0 Å². The van der Waals surface area contributed by atoms with Gasteiger partial charge in [-0.3, -0.25) is 0 Å². The van der Waals surface area contributed by atoms with Crippen molar-refractivity contribution in [3.05, 3.63) is 48.2 Å². The van der Waals surface area contributed by atoms with Gasteiger partial charge >= 0.3 is 0 Å². The average molecular weight is 284 g/mol. The lowest BCUT2D eigenvalue weighted by Gasteiger charge is -2.04. The van der Waals surface area contributed by atoms with Crippen LogP contribution in [0.1, 0.15) is 24.8 Å². The molecule has 0 amide bonds. The Morgan fingerprint density at radius 1 is 1.19 bits per heavy atom. The van der Waals surface area contributed by atoms with Crippen molar-refractivity contribution in [1.82, 2.24) is 19.6 Å². The second-order valence-corrected chi connectivity index (χ2v) is 5.02. The van der Waals surface area contributed by atoms with E-state index in [-0.39, 0.29) is 11.9 Å². The van der Waals surface area contributed by atoms with Gasteiger partial charge in [0.1, 0.15) is 11.9 Å². The third kappa shape index (κ3) is 2.17. The zero-order valence-corrected chi connectivity index (χ0v) is 11.2. The van der Waals surface area contributed by atoms with Gasteiger partial charge in [0, 0.05) is 18.4 Å². The summed E-state index contributed by atoms with van der Waals surface area (Å²) < 4.78 is 20.4. The summed E-state index contributed by atoms with van der Waals surface area (Å²) in [6.45, 7) is 0.748. The molecule has 21 heavy (non-hydrogen) atoms. The first-order valence-corrected chi connectivity index (χ1v) is 6.90. The third-order valence-corrected chi connectivity index (χ3v) is 3.61. The van der Waals surface area contributed by atoms with E-state index in [1.54, 1.807) is 22.8 Å². The van der Waals surface area contributed by atoms with Gasteiger partial charge in [0.2, 0.25) is 0 Å². The molecule has 3 aromatic rings. The van der Waals surface area contributed by atoms with Crippen molar-refractivity contribution in [2.24, 2.45) is 0 Å². The SMILES string of the molecule is Fc1ccc(-c2ccnc3nc([C@@H]4CCCO4)nn23)cc1. The van der Waals surface area contributed by atoms with E-state index in [1.165, 1.54) is 12.1 Å². The Morgan fingerprint density at radius 3 is 2.81 bits per heavy atom. The number of benzene rings is 1. The molecule has 5 nitrogen and oxygen atoms in total. The molecule has 6 heteroatoms. The number of halogens is 1.